The van der Waals surface area contributed by atoms with E-state index in [1.54, 1.807) is 36.5 Å². The van der Waals surface area contributed by atoms with E-state index >= 15 is 0 Å². The van der Waals surface area contributed by atoms with Crippen LogP contribution in [0.2, 0.25) is 5.02 Å². The zero-order chi connectivity index (χ0) is 23.0. The summed E-state index contributed by atoms with van der Waals surface area (Å²) in [5.74, 6) is 0.0427. The Labute approximate surface area is 187 Å². The molecule has 1 aliphatic heterocycles. The first-order chi connectivity index (χ1) is 15.3. The van der Waals surface area contributed by atoms with E-state index in [9.17, 15) is 29.2 Å². The molecule has 0 radical (unpaired) electrons. The van der Waals surface area contributed by atoms with E-state index in [0.29, 0.717) is 28.0 Å². The lowest BCUT2D eigenvalue weighted by atomic mass is 9.91. The average molecular weight is 470 g/mol. The summed E-state index contributed by atoms with van der Waals surface area (Å²) in [5.41, 5.74) is 1.95. The summed E-state index contributed by atoms with van der Waals surface area (Å²) in [6.07, 6.45) is -4.75. The fourth-order valence-corrected chi connectivity index (χ4v) is 4.31. The fraction of sp³-hybridized carbons (Fsp3) is 0.364. The zero-order valence-corrected chi connectivity index (χ0v) is 17.4. The van der Waals surface area contributed by atoms with Crippen LogP contribution in [0, 0.1) is 0 Å². The topological polar surface area (TPSA) is 104 Å². The van der Waals surface area contributed by atoms with E-state index in [1.807, 2.05) is 4.57 Å². The van der Waals surface area contributed by atoms with Gasteiger partial charge in [-0.3, -0.25) is 0 Å². The smallest absolute Gasteiger partial charge is 0.387 e. The van der Waals surface area contributed by atoms with Crippen molar-refractivity contribution in [1.29, 1.82) is 0 Å². The van der Waals surface area contributed by atoms with Crippen molar-refractivity contribution in [3.05, 3.63) is 64.8 Å². The van der Waals surface area contributed by atoms with Crippen molar-refractivity contribution in [3.63, 3.8) is 0 Å². The Morgan fingerprint density at radius 2 is 1.75 bits per heavy atom. The third kappa shape index (κ3) is 4.32. The van der Waals surface area contributed by atoms with E-state index in [2.05, 4.69) is 4.74 Å². The number of hydrogen-bond donors (Lipinski definition) is 4. The molecule has 0 spiro atoms. The van der Waals surface area contributed by atoms with Gasteiger partial charge < -0.3 is 34.5 Å². The molecule has 1 aromatic heterocycles. The fourth-order valence-electron chi connectivity index (χ4n) is 4.03. The van der Waals surface area contributed by atoms with Crippen molar-refractivity contribution in [1.82, 2.24) is 4.57 Å². The van der Waals surface area contributed by atoms with Gasteiger partial charge in [0.15, 0.2) is 0 Å². The van der Waals surface area contributed by atoms with Crippen molar-refractivity contribution in [3.8, 4) is 5.75 Å². The molecule has 2 heterocycles. The zero-order valence-electron chi connectivity index (χ0n) is 16.7. The summed E-state index contributed by atoms with van der Waals surface area (Å²) in [4.78, 5) is 0. The van der Waals surface area contributed by atoms with Crippen LogP contribution in [0.5, 0.6) is 5.75 Å². The number of ether oxygens (including phenoxy) is 2. The molecule has 4 rings (SSSR count). The van der Waals surface area contributed by atoms with E-state index in [-0.39, 0.29) is 5.75 Å². The van der Waals surface area contributed by atoms with Crippen molar-refractivity contribution in [2.45, 2.75) is 43.7 Å². The maximum atomic E-state index is 12.4. The molecule has 5 atom stereocenters. The third-order valence-electron chi connectivity index (χ3n) is 5.58. The molecule has 0 unspecified atom stereocenters. The number of halogens is 3. The van der Waals surface area contributed by atoms with Crippen LogP contribution < -0.4 is 4.74 Å². The second kappa shape index (κ2) is 9.30. The SMILES string of the molecule is OC[C@H]1O[C@@H](c2cn(Cc3ccc(OC(F)F)cc3)c3c(Cl)cccc23)[C@H](O)[C@@H](O)[C@@H]1O. The summed E-state index contributed by atoms with van der Waals surface area (Å²) in [6, 6.07) is 11.4. The number of fused-ring (bicyclic) bond motifs is 1. The van der Waals surface area contributed by atoms with Gasteiger partial charge in [-0.1, -0.05) is 35.9 Å². The van der Waals surface area contributed by atoms with Gasteiger partial charge in [-0.15, -0.1) is 0 Å². The van der Waals surface area contributed by atoms with Crippen molar-refractivity contribution >= 4 is 22.5 Å². The minimum atomic E-state index is -2.91. The monoisotopic (exact) mass is 469 g/mol. The maximum absolute atomic E-state index is 12.4. The van der Waals surface area contributed by atoms with Gasteiger partial charge in [-0.05, 0) is 23.8 Å². The first-order valence-electron chi connectivity index (χ1n) is 9.91. The summed E-state index contributed by atoms with van der Waals surface area (Å²) in [7, 11) is 0. The molecular weight excluding hydrogens is 448 g/mol. The molecule has 10 heteroatoms. The van der Waals surface area contributed by atoms with Crippen LogP contribution in [0.1, 0.15) is 17.2 Å². The molecule has 1 aliphatic rings. The Morgan fingerprint density at radius 3 is 2.41 bits per heavy atom. The predicted molar refractivity (Wildman–Crippen MR) is 112 cm³/mol. The van der Waals surface area contributed by atoms with Crippen molar-refractivity contribution in [2.75, 3.05) is 6.61 Å². The van der Waals surface area contributed by atoms with E-state index < -0.39 is 43.7 Å². The molecule has 0 amide bonds. The van der Waals surface area contributed by atoms with Crippen LogP contribution in [-0.2, 0) is 11.3 Å². The number of hydrogen-bond acceptors (Lipinski definition) is 6. The average Bonchev–Trinajstić information content (AvgIpc) is 3.13. The lowest BCUT2D eigenvalue weighted by molar-refractivity contribution is -0.231. The molecular formula is C22H22ClF2NO6. The molecule has 2 aromatic carbocycles. The highest BCUT2D eigenvalue weighted by Crippen LogP contribution is 2.39. The number of nitrogens with zero attached hydrogens (tertiary/aromatic N) is 1. The predicted octanol–water partition coefficient (Wildman–Crippen LogP) is 2.46. The second-order valence-electron chi connectivity index (χ2n) is 7.62. The summed E-state index contributed by atoms with van der Waals surface area (Å²) < 4.78 is 36.7. The minimum absolute atomic E-state index is 0.0427. The van der Waals surface area contributed by atoms with Gasteiger partial charge in [0.2, 0.25) is 0 Å². The number of benzene rings is 2. The molecule has 3 aromatic rings. The Morgan fingerprint density at radius 1 is 1.03 bits per heavy atom. The number of aliphatic hydroxyl groups excluding tert-OH is 4. The number of aliphatic hydroxyl groups is 4. The quantitative estimate of drug-likeness (QED) is 0.442. The van der Waals surface area contributed by atoms with Crippen LogP contribution in [0.3, 0.4) is 0 Å². The summed E-state index contributed by atoms with van der Waals surface area (Å²) >= 11 is 6.45. The van der Waals surface area contributed by atoms with E-state index in [4.69, 9.17) is 16.3 Å². The van der Waals surface area contributed by atoms with Crippen LogP contribution in [0.25, 0.3) is 10.9 Å². The van der Waals surface area contributed by atoms with Gasteiger partial charge in [0, 0.05) is 23.7 Å². The number of para-hydroxylation sites is 1. The van der Waals surface area contributed by atoms with E-state index in [0.717, 1.165) is 5.56 Å². The second-order valence-corrected chi connectivity index (χ2v) is 8.03. The highest BCUT2D eigenvalue weighted by Gasteiger charge is 2.44. The Hall–Kier alpha value is -2.27. The molecule has 0 saturated carbocycles. The van der Waals surface area contributed by atoms with Gasteiger partial charge in [-0.2, -0.15) is 8.78 Å². The molecule has 32 heavy (non-hydrogen) atoms. The van der Waals surface area contributed by atoms with Crippen molar-refractivity contribution in [2.24, 2.45) is 0 Å². The Bertz CT molecular complexity index is 1070. The lowest BCUT2D eigenvalue weighted by Gasteiger charge is -2.40. The number of alkyl halides is 2. The minimum Gasteiger partial charge on any atom is -0.435 e. The van der Waals surface area contributed by atoms with Crippen LogP contribution in [0.4, 0.5) is 8.78 Å². The molecule has 0 bridgehead atoms. The van der Waals surface area contributed by atoms with Crippen LogP contribution in [0.15, 0.2) is 48.7 Å². The molecule has 1 fully saturated rings. The van der Waals surface area contributed by atoms with Gasteiger partial charge in [-0.25, -0.2) is 0 Å². The van der Waals surface area contributed by atoms with Gasteiger partial charge in [0.1, 0.15) is 36.3 Å². The maximum Gasteiger partial charge on any atom is 0.387 e. The van der Waals surface area contributed by atoms with Gasteiger partial charge >= 0.3 is 6.61 Å². The summed E-state index contributed by atoms with van der Waals surface area (Å²) in [6.45, 7) is -3.12. The molecule has 172 valence electrons. The highest BCUT2D eigenvalue weighted by atomic mass is 35.5. The van der Waals surface area contributed by atoms with Gasteiger partial charge in [0.25, 0.3) is 0 Å². The standard InChI is InChI=1S/C22H22ClF2NO6/c23-15-3-1-2-13-14(21-20(30)19(29)18(28)16(10-27)32-21)9-26(17(13)15)8-11-4-6-12(7-5-11)31-22(24)25/h1-7,9,16,18-22,27-30H,8,10H2/t16-,18-,19+,20-,21+/m1/s1. The molecule has 0 aliphatic carbocycles. The van der Waals surface area contributed by atoms with Crippen LogP contribution in [-0.4, -0.2) is 62.6 Å². The Kier molecular flexibility index (Phi) is 6.66. The third-order valence-corrected chi connectivity index (χ3v) is 5.89. The van der Waals surface area contributed by atoms with Crippen molar-refractivity contribution < 1.29 is 38.7 Å². The first kappa shape index (κ1) is 22.9. The normalized spacial score (nSPS) is 26.1. The largest absolute Gasteiger partial charge is 0.435 e. The first-order valence-corrected chi connectivity index (χ1v) is 10.3. The molecule has 1 saturated heterocycles. The summed E-state index contributed by atoms with van der Waals surface area (Å²) in [5, 5.41) is 41.5. The molecule has 7 nitrogen and oxygen atoms in total. The van der Waals surface area contributed by atoms with Gasteiger partial charge in [0.05, 0.1) is 17.1 Å². The number of aromatic nitrogens is 1. The van der Waals surface area contributed by atoms with E-state index in [1.165, 1.54) is 12.1 Å². The molecule has 4 N–H and O–H groups in total. The highest BCUT2D eigenvalue weighted by molar-refractivity contribution is 6.35. The lowest BCUT2D eigenvalue weighted by Crippen LogP contribution is -2.55. The van der Waals surface area contributed by atoms with Crippen LogP contribution >= 0.6 is 11.6 Å². The Balaban J connectivity index is 1.71. The number of rotatable bonds is 6.